The highest BCUT2D eigenvalue weighted by Gasteiger charge is 2.42. The lowest BCUT2D eigenvalue weighted by Crippen LogP contribution is -2.46. The van der Waals surface area contributed by atoms with Gasteiger partial charge in [-0.25, -0.2) is 15.8 Å². The van der Waals surface area contributed by atoms with Gasteiger partial charge in [0.05, 0.1) is 0 Å². The lowest BCUT2D eigenvalue weighted by molar-refractivity contribution is -0.600. The Morgan fingerprint density at radius 2 is 1.43 bits per heavy atom. The van der Waals surface area contributed by atoms with Crippen LogP contribution in [-0.2, 0) is 19.4 Å². The molecule has 0 rings (SSSR count). The maximum Gasteiger partial charge on any atom is 0.363 e. The summed E-state index contributed by atoms with van der Waals surface area (Å²) in [5, 5.41) is 33.8. The van der Waals surface area contributed by atoms with Crippen molar-refractivity contribution in [2.45, 2.75) is 11.9 Å². The quantitative estimate of drug-likeness (QED) is 0.203. The molecule has 0 bridgehead atoms. The van der Waals surface area contributed by atoms with Crippen LogP contribution < -0.4 is 0 Å². The SMILES string of the molecule is C=CC(O)(OO)OC(C=C)(OO)OO. The van der Waals surface area contributed by atoms with Crippen LogP contribution >= 0.6 is 0 Å². The number of aliphatic hydroxyl groups is 1. The van der Waals surface area contributed by atoms with E-state index in [1.807, 2.05) is 0 Å². The van der Waals surface area contributed by atoms with Crippen LogP contribution in [0.15, 0.2) is 25.3 Å². The topological polar surface area (TPSA) is 118 Å². The van der Waals surface area contributed by atoms with Crippen molar-refractivity contribution in [1.29, 1.82) is 0 Å². The summed E-state index contributed by atoms with van der Waals surface area (Å²) in [7, 11) is 0. The maximum atomic E-state index is 9.12. The minimum atomic E-state index is -2.75. The first-order chi connectivity index (χ1) is 6.51. The lowest BCUT2D eigenvalue weighted by Gasteiger charge is -2.29. The van der Waals surface area contributed by atoms with Crippen molar-refractivity contribution in [1.82, 2.24) is 0 Å². The van der Waals surface area contributed by atoms with Crippen molar-refractivity contribution >= 4 is 0 Å². The highest BCUT2D eigenvalue weighted by atomic mass is 17.3. The summed E-state index contributed by atoms with van der Waals surface area (Å²) >= 11 is 0. The molecule has 0 aromatic carbocycles. The third-order valence-electron chi connectivity index (χ3n) is 1.18. The molecule has 0 radical (unpaired) electrons. The second-order valence-corrected chi connectivity index (χ2v) is 2.02. The highest BCUT2D eigenvalue weighted by molar-refractivity contribution is 4.86. The normalized spacial score (nSPS) is 16.0. The lowest BCUT2D eigenvalue weighted by atomic mass is 10.5. The third-order valence-corrected chi connectivity index (χ3v) is 1.18. The Morgan fingerprint density at radius 3 is 1.64 bits per heavy atom. The van der Waals surface area contributed by atoms with Gasteiger partial charge in [-0.2, -0.15) is 14.7 Å². The second-order valence-electron chi connectivity index (χ2n) is 2.02. The van der Waals surface area contributed by atoms with Gasteiger partial charge in [0.1, 0.15) is 0 Å². The number of ether oxygens (including phenoxy) is 1. The molecule has 0 aliphatic heterocycles. The summed E-state index contributed by atoms with van der Waals surface area (Å²) in [6, 6.07) is 0. The van der Waals surface area contributed by atoms with Crippen LogP contribution in [0.4, 0.5) is 0 Å². The Kier molecular flexibility index (Phi) is 4.83. The molecule has 0 saturated heterocycles. The molecule has 0 aromatic heterocycles. The molecule has 0 saturated carbocycles. The van der Waals surface area contributed by atoms with E-state index in [1.54, 1.807) is 0 Å². The van der Waals surface area contributed by atoms with Crippen molar-refractivity contribution in [3.05, 3.63) is 25.3 Å². The first-order valence-electron chi connectivity index (χ1n) is 3.19. The van der Waals surface area contributed by atoms with Gasteiger partial charge in [0.15, 0.2) is 0 Å². The number of rotatable bonds is 7. The second kappa shape index (κ2) is 5.14. The van der Waals surface area contributed by atoms with E-state index in [9.17, 15) is 0 Å². The minimum Gasteiger partial charge on any atom is -0.338 e. The van der Waals surface area contributed by atoms with Gasteiger partial charge in [-0.05, 0) is 6.08 Å². The molecule has 0 aliphatic carbocycles. The molecule has 1 unspecified atom stereocenters. The summed E-state index contributed by atoms with van der Waals surface area (Å²) < 4.78 is 4.27. The van der Waals surface area contributed by atoms with Crippen LogP contribution in [0.3, 0.4) is 0 Å². The first kappa shape index (κ1) is 13.2. The van der Waals surface area contributed by atoms with E-state index >= 15 is 0 Å². The fraction of sp³-hybridized carbons (Fsp3) is 0.333. The number of hydrogen-bond acceptors (Lipinski definition) is 8. The van der Waals surface area contributed by atoms with Gasteiger partial charge in [-0.3, -0.25) is 4.74 Å². The van der Waals surface area contributed by atoms with E-state index in [2.05, 4.69) is 32.6 Å². The molecule has 4 N–H and O–H groups in total. The molecule has 0 fully saturated rings. The Labute approximate surface area is 78.6 Å². The Morgan fingerprint density at radius 1 is 0.929 bits per heavy atom. The summed E-state index contributed by atoms with van der Waals surface area (Å²) in [5.41, 5.74) is 0. The van der Waals surface area contributed by atoms with Crippen molar-refractivity contribution in [3.63, 3.8) is 0 Å². The first-order valence-corrected chi connectivity index (χ1v) is 3.19. The minimum absolute atomic E-state index is 0.587. The molecule has 8 nitrogen and oxygen atoms in total. The fourth-order valence-electron chi connectivity index (χ4n) is 0.472. The van der Waals surface area contributed by atoms with Crippen LogP contribution in [0.1, 0.15) is 0 Å². The molecule has 14 heavy (non-hydrogen) atoms. The molecule has 1 atom stereocenters. The van der Waals surface area contributed by atoms with Crippen LogP contribution in [0, 0.1) is 0 Å². The zero-order valence-corrected chi connectivity index (χ0v) is 6.99. The Balaban J connectivity index is 4.73. The Hall–Kier alpha value is -0.840. The van der Waals surface area contributed by atoms with Gasteiger partial charge in [0.25, 0.3) is 0 Å². The largest absolute Gasteiger partial charge is 0.363 e. The van der Waals surface area contributed by atoms with Crippen LogP contribution in [0.5, 0.6) is 0 Å². The Bertz CT molecular complexity index is 200. The predicted octanol–water partition coefficient (Wildman–Crippen LogP) is 0.144. The van der Waals surface area contributed by atoms with Crippen molar-refractivity contribution in [2.75, 3.05) is 0 Å². The molecule has 0 aromatic rings. The van der Waals surface area contributed by atoms with Gasteiger partial charge < -0.3 is 5.11 Å². The molecule has 82 valence electrons. The average molecular weight is 210 g/mol. The van der Waals surface area contributed by atoms with Gasteiger partial charge in [-0.1, -0.05) is 13.2 Å². The van der Waals surface area contributed by atoms with Crippen molar-refractivity contribution in [3.8, 4) is 0 Å². The molecule has 0 spiro atoms. The molecule has 8 heteroatoms. The van der Waals surface area contributed by atoms with Crippen molar-refractivity contribution in [2.24, 2.45) is 0 Å². The molecule has 0 heterocycles. The van der Waals surface area contributed by atoms with E-state index in [1.165, 1.54) is 0 Å². The van der Waals surface area contributed by atoms with Gasteiger partial charge in [0, 0.05) is 6.08 Å². The molecule has 0 amide bonds. The van der Waals surface area contributed by atoms with E-state index in [0.717, 1.165) is 0 Å². The fourth-order valence-corrected chi connectivity index (χ4v) is 0.472. The van der Waals surface area contributed by atoms with Gasteiger partial charge in [-0.15, -0.1) is 0 Å². The standard InChI is InChI=1S/C6H10O8/c1-3-5(7,12-8)11-6(4-2,13-9)14-10/h3-4,7-10H,1-2H2. The monoisotopic (exact) mass is 210 g/mol. The van der Waals surface area contributed by atoms with Gasteiger partial charge >= 0.3 is 11.9 Å². The summed E-state index contributed by atoms with van der Waals surface area (Å²) in [4.78, 5) is 10.5. The smallest absolute Gasteiger partial charge is 0.338 e. The predicted molar refractivity (Wildman–Crippen MR) is 40.3 cm³/mol. The third kappa shape index (κ3) is 2.83. The van der Waals surface area contributed by atoms with Crippen LogP contribution in [-0.4, -0.2) is 32.8 Å². The summed E-state index contributed by atoms with van der Waals surface area (Å²) in [5.74, 6) is -5.37. The zero-order valence-electron chi connectivity index (χ0n) is 6.99. The number of hydrogen-bond donors (Lipinski definition) is 4. The van der Waals surface area contributed by atoms with E-state index in [-0.39, 0.29) is 0 Å². The van der Waals surface area contributed by atoms with E-state index in [0.29, 0.717) is 12.2 Å². The molecular weight excluding hydrogens is 200 g/mol. The molecule has 0 aliphatic rings. The van der Waals surface area contributed by atoms with E-state index in [4.69, 9.17) is 20.9 Å². The summed E-state index contributed by atoms with van der Waals surface area (Å²) in [6.45, 7) is 6.07. The van der Waals surface area contributed by atoms with Gasteiger partial charge in [0.2, 0.25) is 0 Å². The maximum absolute atomic E-state index is 9.12. The highest BCUT2D eigenvalue weighted by Crippen LogP contribution is 2.23. The van der Waals surface area contributed by atoms with Crippen LogP contribution in [0.2, 0.25) is 0 Å². The van der Waals surface area contributed by atoms with E-state index < -0.39 is 11.9 Å². The van der Waals surface area contributed by atoms with Crippen molar-refractivity contribution < 1.29 is 40.3 Å². The summed E-state index contributed by atoms with van der Waals surface area (Å²) in [6.07, 6.45) is 1.21. The average Bonchev–Trinajstić information content (AvgIpc) is 2.26. The molecular formula is C6H10O8. The van der Waals surface area contributed by atoms with Crippen LogP contribution in [0.25, 0.3) is 0 Å². The zero-order chi connectivity index (χ0) is 11.2.